The molecule has 0 bridgehead atoms. The average molecular weight is 178 g/mol. The topological polar surface area (TPSA) is 35.5 Å². The van der Waals surface area contributed by atoms with Crippen LogP contribution in [-0.4, -0.2) is 12.6 Å². The number of carbonyl (C=O) groups excluding carboxylic acids is 1. The third-order valence-electron chi connectivity index (χ3n) is 2.02. The lowest BCUT2D eigenvalue weighted by Gasteiger charge is -2.17. The van der Waals surface area contributed by atoms with Crippen molar-refractivity contribution in [3.8, 4) is 5.75 Å². The van der Waals surface area contributed by atoms with Gasteiger partial charge in [-0.05, 0) is 25.1 Å². The van der Waals surface area contributed by atoms with Gasteiger partial charge in [0.05, 0.1) is 6.61 Å². The second-order valence-corrected chi connectivity index (χ2v) is 2.99. The van der Waals surface area contributed by atoms with Gasteiger partial charge in [0.1, 0.15) is 5.75 Å². The van der Waals surface area contributed by atoms with Crippen molar-refractivity contribution in [1.29, 1.82) is 0 Å². The monoisotopic (exact) mass is 178 g/mol. The number of fused-ring (bicyclic) bond motifs is 1. The molecule has 0 radical (unpaired) electrons. The summed E-state index contributed by atoms with van der Waals surface area (Å²) in [7, 11) is 0. The highest BCUT2D eigenvalue weighted by atomic mass is 16.7. The molecular formula is C10H10O3. The van der Waals surface area contributed by atoms with Gasteiger partial charge in [-0.1, -0.05) is 0 Å². The number of Topliss-reactive ketones (excluding diaryl/α,β-unsaturated/α-hetero) is 1. The predicted molar refractivity (Wildman–Crippen MR) is 46.7 cm³/mol. The summed E-state index contributed by atoms with van der Waals surface area (Å²) in [5.41, 5.74) is 1.65. The van der Waals surface area contributed by atoms with Crippen LogP contribution in [0.5, 0.6) is 5.75 Å². The van der Waals surface area contributed by atoms with Gasteiger partial charge in [0.15, 0.2) is 12.6 Å². The minimum Gasteiger partial charge on any atom is -0.467 e. The van der Waals surface area contributed by atoms with E-state index < -0.39 is 0 Å². The van der Waals surface area contributed by atoms with E-state index in [1.54, 1.807) is 13.0 Å². The first-order valence-electron chi connectivity index (χ1n) is 4.12. The Balaban J connectivity index is 2.40. The van der Waals surface area contributed by atoms with Gasteiger partial charge >= 0.3 is 0 Å². The molecule has 0 aliphatic carbocycles. The van der Waals surface area contributed by atoms with Crippen molar-refractivity contribution in [3.05, 3.63) is 29.3 Å². The molecule has 3 heteroatoms. The van der Waals surface area contributed by atoms with Crippen molar-refractivity contribution < 1.29 is 14.3 Å². The van der Waals surface area contributed by atoms with Crippen LogP contribution < -0.4 is 4.74 Å². The van der Waals surface area contributed by atoms with E-state index in [0.717, 1.165) is 11.3 Å². The second kappa shape index (κ2) is 3.18. The Kier molecular flexibility index (Phi) is 2.02. The molecule has 0 saturated heterocycles. The molecule has 0 spiro atoms. The maximum atomic E-state index is 11.0. The zero-order valence-electron chi connectivity index (χ0n) is 7.37. The van der Waals surface area contributed by atoms with E-state index in [2.05, 4.69) is 0 Å². The summed E-state index contributed by atoms with van der Waals surface area (Å²) in [5.74, 6) is 0.879. The van der Waals surface area contributed by atoms with Crippen molar-refractivity contribution in [3.63, 3.8) is 0 Å². The molecule has 0 aromatic heterocycles. The maximum absolute atomic E-state index is 11.0. The van der Waals surface area contributed by atoms with E-state index in [9.17, 15) is 4.79 Å². The van der Waals surface area contributed by atoms with Crippen molar-refractivity contribution >= 4 is 5.78 Å². The molecule has 1 aliphatic heterocycles. The first-order chi connectivity index (χ1) is 6.27. The number of rotatable bonds is 1. The van der Waals surface area contributed by atoms with Crippen molar-refractivity contribution in [1.82, 2.24) is 0 Å². The fourth-order valence-electron chi connectivity index (χ4n) is 1.31. The molecule has 1 aromatic carbocycles. The standard InChI is InChI=1S/C10H10O3/c1-7(11)8-2-3-10-9(4-8)5-12-6-13-10/h2-4H,5-6H2,1H3. The summed E-state index contributed by atoms with van der Waals surface area (Å²) in [6, 6.07) is 5.40. The molecule has 0 saturated carbocycles. The van der Waals surface area contributed by atoms with Gasteiger partial charge in [-0.25, -0.2) is 0 Å². The quantitative estimate of drug-likeness (QED) is 0.614. The first kappa shape index (κ1) is 8.26. The number of hydrogen-bond acceptors (Lipinski definition) is 3. The largest absolute Gasteiger partial charge is 0.467 e. The molecule has 1 aromatic rings. The van der Waals surface area contributed by atoms with Crippen LogP contribution in [-0.2, 0) is 11.3 Å². The van der Waals surface area contributed by atoms with Gasteiger partial charge < -0.3 is 9.47 Å². The Labute approximate surface area is 76.3 Å². The molecule has 1 heterocycles. The van der Waals surface area contributed by atoms with Crippen LogP contribution in [0.25, 0.3) is 0 Å². The van der Waals surface area contributed by atoms with E-state index in [1.165, 1.54) is 0 Å². The highest BCUT2D eigenvalue weighted by Gasteiger charge is 2.11. The molecule has 0 amide bonds. The van der Waals surface area contributed by atoms with Crippen molar-refractivity contribution in [2.45, 2.75) is 13.5 Å². The Morgan fingerprint density at radius 1 is 1.46 bits per heavy atom. The van der Waals surface area contributed by atoms with Crippen LogP contribution in [0.3, 0.4) is 0 Å². The average Bonchev–Trinajstić information content (AvgIpc) is 2.17. The molecule has 0 atom stereocenters. The maximum Gasteiger partial charge on any atom is 0.189 e. The Morgan fingerprint density at radius 2 is 2.31 bits per heavy atom. The molecular weight excluding hydrogens is 168 g/mol. The Morgan fingerprint density at radius 3 is 3.08 bits per heavy atom. The first-order valence-corrected chi connectivity index (χ1v) is 4.12. The minimum absolute atomic E-state index is 0.0633. The van der Waals surface area contributed by atoms with Crippen molar-refractivity contribution in [2.24, 2.45) is 0 Å². The van der Waals surface area contributed by atoms with Crippen molar-refractivity contribution in [2.75, 3.05) is 6.79 Å². The fourth-order valence-corrected chi connectivity index (χ4v) is 1.31. The minimum atomic E-state index is 0.0633. The highest BCUT2D eigenvalue weighted by Crippen LogP contribution is 2.24. The summed E-state index contributed by atoms with van der Waals surface area (Å²) in [5, 5.41) is 0. The van der Waals surface area contributed by atoms with E-state index in [1.807, 2.05) is 12.1 Å². The molecule has 3 nitrogen and oxygen atoms in total. The lowest BCUT2D eigenvalue weighted by molar-refractivity contribution is -0.0163. The summed E-state index contributed by atoms with van der Waals surface area (Å²) in [4.78, 5) is 11.0. The second-order valence-electron chi connectivity index (χ2n) is 2.99. The van der Waals surface area contributed by atoms with Crippen LogP contribution in [0.1, 0.15) is 22.8 Å². The summed E-state index contributed by atoms with van der Waals surface area (Å²) in [6.07, 6.45) is 0. The Bertz CT molecular complexity index is 344. The van der Waals surface area contributed by atoms with Crippen LogP contribution in [0.15, 0.2) is 18.2 Å². The highest BCUT2D eigenvalue weighted by molar-refractivity contribution is 5.94. The molecule has 68 valence electrons. The molecule has 0 unspecified atom stereocenters. The molecule has 0 N–H and O–H groups in total. The lowest BCUT2D eigenvalue weighted by atomic mass is 10.1. The van der Waals surface area contributed by atoms with Crippen LogP contribution in [0.4, 0.5) is 0 Å². The normalized spacial score (nSPS) is 14.5. The number of hydrogen-bond donors (Lipinski definition) is 0. The third kappa shape index (κ3) is 1.55. The molecule has 2 rings (SSSR count). The summed E-state index contributed by atoms with van der Waals surface area (Å²) >= 11 is 0. The third-order valence-corrected chi connectivity index (χ3v) is 2.02. The smallest absolute Gasteiger partial charge is 0.189 e. The lowest BCUT2D eigenvalue weighted by Crippen LogP contribution is -2.11. The number of ketones is 1. The number of ether oxygens (including phenoxy) is 2. The fraction of sp³-hybridized carbons (Fsp3) is 0.300. The van der Waals surface area contributed by atoms with Gasteiger partial charge in [-0.2, -0.15) is 0 Å². The van der Waals surface area contributed by atoms with Gasteiger partial charge in [0.25, 0.3) is 0 Å². The Hall–Kier alpha value is -1.35. The van der Waals surface area contributed by atoms with Gasteiger partial charge in [0.2, 0.25) is 0 Å². The predicted octanol–water partition coefficient (Wildman–Crippen LogP) is 1.76. The van der Waals surface area contributed by atoms with Crippen LogP contribution >= 0.6 is 0 Å². The van der Waals surface area contributed by atoms with E-state index in [0.29, 0.717) is 19.0 Å². The van der Waals surface area contributed by atoms with Crippen LogP contribution in [0.2, 0.25) is 0 Å². The SMILES string of the molecule is CC(=O)c1ccc2c(c1)COCO2. The summed E-state index contributed by atoms with van der Waals surface area (Å²) in [6.45, 7) is 2.37. The zero-order valence-corrected chi connectivity index (χ0v) is 7.37. The molecule has 1 aliphatic rings. The number of carbonyl (C=O) groups is 1. The van der Waals surface area contributed by atoms with E-state index in [-0.39, 0.29) is 5.78 Å². The molecule has 0 fully saturated rings. The van der Waals surface area contributed by atoms with E-state index in [4.69, 9.17) is 9.47 Å². The summed E-state index contributed by atoms with van der Waals surface area (Å²) < 4.78 is 10.3. The van der Waals surface area contributed by atoms with E-state index >= 15 is 0 Å². The van der Waals surface area contributed by atoms with Gasteiger partial charge in [-0.15, -0.1) is 0 Å². The number of benzene rings is 1. The van der Waals surface area contributed by atoms with Crippen LogP contribution in [0, 0.1) is 0 Å². The zero-order chi connectivity index (χ0) is 9.26. The van der Waals surface area contributed by atoms with Gasteiger partial charge in [-0.3, -0.25) is 4.79 Å². The molecule has 13 heavy (non-hydrogen) atoms. The van der Waals surface area contributed by atoms with Gasteiger partial charge in [0, 0.05) is 11.1 Å².